The number of hydrogen-bond acceptors (Lipinski definition) is 12. The first-order valence-electron chi connectivity index (χ1n) is 27.9. The van der Waals surface area contributed by atoms with E-state index < -0.39 is 45.3 Å². The van der Waals surface area contributed by atoms with Crippen LogP contribution in [0.2, 0.25) is 25.1 Å². The fourth-order valence-electron chi connectivity index (χ4n) is 10.9. The highest BCUT2D eigenvalue weighted by Gasteiger charge is 2.39. The summed E-state index contributed by atoms with van der Waals surface area (Å²) in [6.07, 6.45) is -0.131. The van der Waals surface area contributed by atoms with Crippen LogP contribution in [0.3, 0.4) is 0 Å². The Morgan fingerprint density at radius 2 is 0.783 bits per heavy atom. The van der Waals surface area contributed by atoms with Gasteiger partial charge >= 0.3 is 6.18 Å². The number of halogens is 8. The summed E-state index contributed by atoms with van der Waals surface area (Å²) < 4.78 is 37.4. The summed E-state index contributed by atoms with van der Waals surface area (Å²) >= 11 is 29.3. The van der Waals surface area contributed by atoms with E-state index in [0.29, 0.717) is 89.3 Å². The SMILES string of the molecule is Cc1ccc(C)c(C2(O)CCNC2)c1.OC1(c2ccc(Cl)c(Cl)c2)CCNC1.OC1(c2ccc(Cl)cc2)CCNC1.OC1(c2cccc(C(F)(F)F)c2)CCNC1.OC1(c2cccc(Cl)c2)CCNC1.OC1(c2ccccc2Cl)CCNC1. The number of alkyl halides is 3. The van der Waals surface area contributed by atoms with Gasteiger partial charge in [0.1, 0.15) is 33.6 Å². The number of β-amino-alcohol motifs (C(OH)–C–C–N with tert-alkyl or cyclic N) is 6. The lowest BCUT2D eigenvalue weighted by atomic mass is 9.88. The minimum absolute atomic E-state index is 0.300. The van der Waals surface area contributed by atoms with E-state index in [1.54, 1.807) is 12.1 Å². The third kappa shape index (κ3) is 17.9. The monoisotopic (exact) mass is 1240 g/mol. The van der Waals surface area contributed by atoms with Crippen molar-refractivity contribution in [2.24, 2.45) is 0 Å². The lowest BCUT2D eigenvalue weighted by Crippen LogP contribution is -2.29. The molecule has 0 bridgehead atoms. The molecule has 0 aliphatic carbocycles. The van der Waals surface area contributed by atoms with Crippen LogP contribution in [0, 0.1) is 13.8 Å². The molecule has 12 rings (SSSR count). The lowest BCUT2D eigenvalue weighted by molar-refractivity contribution is -0.137. The molecule has 0 saturated carbocycles. The van der Waals surface area contributed by atoms with Crippen LogP contribution >= 0.6 is 58.0 Å². The summed E-state index contributed by atoms with van der Waals surface area (Å²) in [5.41, 5.74) is 1.85. The second kappa shape index (κ2) is 29.2. The first-order valence-corrected chi connectivity index (χ1v) is 29.7. The summed E-state index contributed by atoms with van der Waals surface area (Å²) in [7, 11) is 0. The van der Waals surface area contributed by atoms with Crippen LogP contribution in [0.1, 0.15) is 88.6 Å². The van der Waals surface area contributed by atoms with Gasteiger partial charge in [0.05, 0.1) is 15.6 Å². The van der Waals surface area contributed by atoms with Crippen LogP contribution in [0.4, 0.5) is 13.2 Å². The van der Waals surface area contributed by atoms with Crippen LogP contribution in [-0.2, 0) is 39.8 Å². The van der Waals surface area contributed by atoms with Crippen molar-refractivity contribution in [2.45, 2.75) is 92.2 Å². The number of hydrogen-bond donors (Lipinski definition) is 12. The number of aryl methyl sites for hydroxylation is 2. The van der Waals surface area contributed by atoms with Crippen LogP contribution < -0.4 is 31.9 Å². The van der Waals surface area contributed by atoms with E-state index in [2.05, 4.69) is 63.9 Å². The Morgan fingerprint density at radius 3 is 1.23 bits per heavy atom. The molecule has 450 valence electrons. The molecule has 6 atom stereocenters. The van der Waals surface area contributed by atoms with Crippen LogP contribution in [0.15, 0.2) is 133 Å². The first-order chi connectivity index (χ1) is 39.3. The van der Waals surface area contributed by atoms with Crippen LogP contribution in [0.25, 0.3) is 0 Å². The highest BCUT2D eigenvalue weighted by Crippen LogP contribution is 2.37. The molecule has 0 amide bonds. The summed E-state index contributed by atoms with van der Waals surface area (Å²) in [6.45, 7) is 12.5. The quantitative estimate of drug-likeness (QED) is 0.0757. The van der Waals surface area contributed by atoms with Gasteiger partial charge in [0.25, 0.3) is 0 Å². The summed E-state index contributed by atoms with van der Waals surface area (Å²) in [6, 6.07) is 38.7. The van der Waals surface area contributed by atoms with E-state index in [4.69, 9.17) is 58.0 Å². The van der Waals surface area contributed by atoms with Gasteiger partial charge in [0, 0.05) is 59.9 Å². The van der Waals surface area contributed by atoms with Crippen molar-refractivity contribution < 1.29 is 43.8 Å². The number of nitrogens with one attached hydrogen (secondary N) is 6. The van der Waals surface area contributed by atoms with E-state index >= 15 is 0 Å². The van der Waals surface area contributed by atoms with Crippen LogP contribution in [-0.4, -0.2) is 109 Å². The van der Waals surface area contributed by atoms with Gasteiger partial charge < -0.3 is 62.5 Å². The zero-order valence-corrected chi connectivity index (χ0v) is 50.4. The van der Waals surface area contributed by atoms with E-state index in [0.717, 1.165) is 98.4 Å². The maximum atomic E-state index is 12.5. The highest BCUT2D eigenvalue weighted by molar-refractivity contribution is 6.42. The average molecular weight is 1250 g/mol. The molecule has 12 N–H and O–H groups in total. The molecule has 0 aromatic heterocycles. The standard InChI is InChI=1S/C12H17NO.C11H12F3NO.C10H11Cl2NO.3C10H12ClNO/c1-9-3-4-10(2)11(7-9)12(14)5-6-13-8-12;12-11(13,14)9-3-1-2-8(6-9)10(16)4-5-15-7-10;11-8-2-1-7(5-9(8)12)10(14)3-4-13-6-10;11-9-3-1-8(2-4-9)10(13)5-6-12-7-10;11-9-3-1-2-8(6-9)10(13)4-5-12-7-10;11-9-4-2-1-3-8(9)10(13)5-6-12-7-10/h3-4,7,13-14H,5-6,8H2,1-2H3;1-3,6,15-16H,4-5,7H2;1-2,5,13-14H,3-4,6H2;1-4,12-13H,5-7H2;1-3,6,12-13H,4-5,7H2;1-4,12-13H,5-7H2. The van der Waals surface area contributed by atoms with Crippen molar-refractivity contribution in [3.8, 4) is 0 Å². The Labute approximate surface area is 510 Å². The second-order valence-corrected chi connectivity index (χ2v) is 24.4. The second-order valence-electron chi connectivity index (χ2n) is 22.3. The summed E-state index contributed by atoms with van der Waals surface area (Å²) in [5, 5.41) is 83.0. The van der Waals surface area contributed by atoms with Crippen molar-refractivity contribution in [3.05, 3.63) is 209 Å². The maximum Gasteiger partial charge on any atom is 0.416 e. The topological polar surface area (TPSA) is 194 Å². The molecule has 6 unspecified atom stereocenters. The Balaban J connectivity index is 0.000000143. The van der Waals surface area contributed by atoms with Crippen molar-refractivity contribution >= 4 is 58.0 Å². The third-order valence-corrected chi connectivity index (χ3v) is 17.5. The van der Waals surface area contributed by atoms with Gasteiger partial charge in [-0.15, -0.1) is 0 Å². The van der Waals surface area contributed by atoms with Gasteiger partial charge in [-0.3, -0.25) is 0 Å². The van der Waals surface area contributed by atoms with E-state index in [1.165, 1.54) is 23.3 Å². The number of rotatable bonds is 6. The molecule has 0 radical (unpaired) electrons. The van der Waals surface area contributed by atoms with Crippen molar-refractivity contribution in [1.82, 2.24) is 31.9 Å². The normalized spacial score (nSPS) is 27.1. The third-order valence-electron chi connectivity index (χ3n) is 16.0. The molecule has 12 nitrogen and oxygen atoms in total. The Morgan fingerprint density at radius 1 is 0.361 bits per heavy atom. The largest absolute Gasteiger partial charge is 0.416 e. The summed E-state index contributed by atoms with van der Waals surface area (Å²) in [5.74, 6) is 0. The average Bonchev–Trinajstić information content (AvgIpc) is 4.53. The zero-order valence-electron chi connectivity index (χ0n) is 46.6. The molecule has 6 saturated heterocycles. The Hall–Kier alpha value is -3.92. The molecular formula is C63H76Cl5F3N6O6. The van der Waals surface area contributed by atoms with E-state index in [-0.39, 0.29) is 0 Å². The van der Waals surface area contributed by atoms with Gasteiger partial charge in [-0.1, -0.05) is 142 Å². The predicted octanol–water partition coefficient (Wildman–Crippen LogP) is 10.1. The van der Waals surface area contributed by atoms with E-state index in [9.17, 15) is 43.8 Å². The van der Waals surface area contributed by atoms with Gasteiger partial charge in [0.2, 0.25) is 0 Å². The van der Waals surface area contributed by atoms with Crippen molar-refractivity contribution in [2.75, 3.05) is 78.5 Å². The van der Waals surface area contributed by atoms with Crippen LogP contribution in [0.5, 0.6) is 0 Å². The predicted molar refractivity (Wildman–Crippen MR) is 326 cm³/mol. The molecule has 83 heavy (non-hydrogen) atoms. The molecule has 6 heterocycles. The fraction of sp³-hybridized carbons (Fsp3) is 0.429. The maximum absolute atomic E-state index is 12.5. The minimum Gasteiger partial charge on any atom is -0.384 e. The van der Waals surface area contributed by atoms with Gasteiger partial charge in [-0.25, -0.2) is 0 Å². The molecule has 6 fully saturated rings. The highest BCUT2D eigenvalue weighted by atomic mass is 35.5. The van der Waals surface area contributed by atoms with Gasteiger partial charge in [0.15, 0.2) is 0 Å². The zero-order chi connectivity index (χ0) is 60.1. The molecular weight excluding hydrogens is 1170 g/mol. The van der Waals surface area contributed by atoms with Gasteiger partial charge in [-0.05, 0) is 180 Å². The lowest BCUT2D eigenvalue weighted by Gasteiger charge is -2.24. The molecule has 6 aliphatic heterocycles. The minimum atomic E-state index is -4.36. The molecule has 6 aliphatic rings. The van der Waals surface area contributed by atoms with E-state index in [1.807, 2.05) is 78.9 Å². The van der Waals surface area contributed by atoms with Gasteiger partial charge in [-0.2, -0.15) is 13.2 Å². The van der Waals surface area contributed by atoms with Crippen molar-refractivity contribution in [1.29, 1.82) is 0 Å². The first kappa shape index (κ1) is 66.6. The summed E-state index contributed by atoms with van der Waals surface area (Å²) in [4.78, 5) is 0. The Kier molecular flexibility index (Phi) is 23.4. The molecule has 6 aromatic carbocycles. The Bertz CT molecular complexity index is 3030. The molecule has 20 heteroatoms. The fourth-order valence-corrected chi connectivity index (χ4v) is 11.8. The smallest absolute Gasteiger partial charge is 0.384 e. The van der Waals surface area contributed by atoms with Crippen molar-refractivity contribution in [3.63, 3.8) is 0 Å². The number of aliphatic hydroxyl groups is 6. The number of benzene rings is 6. The molecule has 0 spiro atoms. The molecule has 6 aromatic rings.